The molecule has 0 atom stereocenters. The molecule has 0 unspecified atom stereocenters. The number of urea groups is 1. The number of ether oxygens (including phenoxy) is 1. The largest absolute Gasteiger partial charge is 0.493 e. The fourth-order valence-electron chi connectivity index (χ4n) is 3.26. The van der Waals surface area contributed by atoms with Crippen LogP contribution in [0.1, 0.15) is 31.2 Å². The van der Waals surface area contributed by atoms with E-state index in [-0.39, 0.29) is 6.03 Å². The maximum Gasteiger partial charge on any atom is 0.319 e. The van der Waals surface area contributed by atoms with Crippen LogP contribution in [0, 0.1) is 6.92 Å². The van der Waals surface area contributed by atoms with Crippen LogP contribution < -0.4 is 20.3 Å². The number of carbonyl (C=O) groups excluding carboxylic acids is 1. The van der Waals surface area contributed by atoms with Crippen LogP contribution >= 0.6 is 0 Å². The van der Waals surface area contributed by atoms with E-state index >= 15 is 0 Å². The number of amides is 2. The second-order valence-electron chi connectivity index (χ2n) is 6.94. The Bertz CT molecular complexity index is 725. The van der Waals surface area contributed by atoms with Gasteiger partial charge in [-0.25, -0.2) is 4.79 Å². The van der Waals surface area contributed by atoms with E-state index in [2.05, 4.69) is 27.7 Å². The third kappa shape index (κ3) is 5.91. The van der Waals surface area contributed by atoms with Crippen molar-refractivity contribution >= 4 is 17.4 Å². The number of carbonyl (C=O) groups is 1. The average Bonchev–Trinajstić information content (AvgIpc) is 2.70. The summed E-state index contributed by atoms with van der Waals surface area (Å²) in [4.78, 5) is 14.4. The van der Waals surface area contributed by atoms with E-state index in [4.69, 9.17) is 4.74 Å². The Morgan fingerprint density at radius 3 is 2.52 bits per heavy atom. The highest BCUT2D eigenvalue weighted by Crippen LogP contribution is 2.21. The fourth-order valence-corrected chi connectivity index (χ4v) is 3.26. The molecule has 3 rings (SSSR count). The topological polar surface area (TPSA) is 53.6 Å². The zero-order valence-electron chi connectivity index (χ0n) is 16.0. The van der Waals surface area contributed by atoms with Crippen LogP contribution in [0.25, 0.3) is 0 Å². The minimum Gasteiger partial charge on any atom is -0.493 e. The molecule has 2 aromatic carbocycles. The second-order valence-corrected chi connectivity index (χ2v) is 6.94. The first-order chi connectivity index (χ1) is 13.2. The van der Waals surface area contributed by atoms with Gasteiger partial charge in [-0.15, -0.1) is 0 Å². The van der Waals surface area contributed by atoms with Gasteiger partial charge in [0, 0.05) is 31.0 Å². The molecule has 5 heteroatoms. The van der Waals surface area contributed by atoms with Crippen LogP contribution in [-0.2, 0) is 0 Å². The Balaban J connectivity index is 1.34. The minimum atomic E-state index is -0.184. The number of hydrogen-bond acceptors (Lipinski definition) is 3. The van der Waals surface area contributed by atoms with Gasteiger partial charge in [-0.3, -0.25) is 0 Å². The van der Waals surface area contributed by atoms with Crippen molar-refractivity contribution in [2.24, 2.45) is 0 Å². The van der Waals surface area contributed by atoms with Crippen molar-refractivity contribution in [2.75, 3.05) is 36.5 Å². The molecule has 2 N–H and O–H groups in total. The Kier molecular flexibility index (Phi) is 6.97. The SMILES string of the molecule is Cc1ccccc1OCCCNC(=O)Nc1ccc(N2CCCCC2)cc1. The van der Waals surface area contributed by atoms with E-state index in [0.29, 0.717) is 13.2 Å². The lowest BCUT2D eigenvalue weighted by atomic mass is 10.1. The minimum absolute atomic E-state index is 0.184. The van der Waals surface area contributed by atoms with Crippen molar-refractivity contribution in [1.82, 2.24) is 5.32 Å². The molecule has 0 aliphatic carbocycles. The summed E-state index contributed by atoms with van der Waals surface area (Å²) in [6.07, 6.45) is 4.61. The first-order valence-corrected chi connectivity index (χ1v) is 9.81. The average molecular weight is 367 g/mol. The summed E-state index contributed by atoms with van der Waals surface area (Å²) < 4.78 is 5.73. The van der Waals surface area contributed by atoms with E-state index in [1.807, 2.05) is 43.3 Å². The third-order valence-electron chi connectivity index (χ3n) is 4.80. The van der Waals surface area contributed by atoms with Gasteiger partial charge in [0.05, 0.1) is 6.61 Å². The molecule has 1 aliphatic rings. The van der Waals surface area contributed by atoms with Gasteiger partial charge in [0.1, 0.15) is 5.75 Å². The molecule has 1 fully saturated rings. The zero-order chi connectivity index (χ0) is 18.9. The van der Waals surface area contributed by atoms with Crippen LogP contribution in [0.5, 0.6) is 5.75 Å². The summed E-state index contributed by atoms with van der Waals surface area (Å²) in [5, 5.41) is 5.75. The molecule has 2 amide bonds. The standard InChI is InChI=1S/C22H29N3O2/c1-18-8-3-4-9-21(18)27-17-7-14-23-22(26)24-19-10-12-20(13-11-19)25-15-5-2-6-16-25/h3-4,8-13H,2,5-7,14-17H2,1H3,(H2,23,24,26). The number of aryl methyl sites for hydroxylation is 1. The Morgan fingerprint density at radius 2 is 1.78 bits per heavy atom. The molecule has 1 heterocycles. The quantitative estimate of drug-likeness (QED) is 0.705. The third-order valence-corrected chi connectivity index (χ3v) is 4.80. The van der Waals surface area contributed by atoms with Crippen molar-refractivity contribution in [3.05, 3.63) is 54.1 Å². The first kappa shape index (κ1) is 19.1. The number of nitrogens with one attached hydrogen (secondary N) is 2. The van der Waals surface area contributed by atoms with Crippen LogP contribution in [0.15, 0.2) is 48.5 Å². The summed E-state index contributed by atoms with van der Waals surface area (Å²) >= 11 is 0. The molecule has 0 aromatic heterocycles. The molecule has 1 saturated heterocycles. The van der Waals surface area contributed by atoms with Gasteiger partial charge in [0.25, 0.3) is 0 Å². The van der Waals surface area contributed by atoms with Gasteiger partial charge in [-0.05, 0) is 68.5 Å². The smallest absolute Gasteiger partial charge is 0.319 e. The Morgan fingerprint density at radius 1 is 1.04 bits per heavy atom. The lowest BCUT2D eigenvalue weighted by Crippen LogP contribution is -2.30. The fraction of sp³-hybridized carbons (Fsp3) is 0.409. The number of rotatable bonds is 7. The summed E-state index contributed by atoms with van der Waals surface area (Å²) in [5.41, 5.74) is 3.16. The lowest BCUT2D eigenvalue weighted by molar-refractivity contribution is 0.250. The highest BCUT2D eigenvalue weighted by molar-refractivity contribution is 5.89. The molecular weight excluding hydrogens is 338 g/mol. The van der Waals surface area contributed by atoms with Gasteiger partial charge in [-0.2, -0.15) is 0 Å². The van der Waals surface area contributed by atoms with Crippen LogP contribution in [0.3, 0.4) is 0 Å². The second kappa shape index (κ2) is 9.86. The molecule has 27 heavy (non-hydrogen) atoms. The van der Waals surface area contributed by atoms with Crippen molar-refractivity contribution in [1.29, 1.82) is 0 Å². The summed E-state index contributed by atoms with van der Waals surface area (Å²) in [5.74, 6) is 0.899. The van der Waals surface area contributed by atoms with Crippen molar-refractivity contribution in [3.8, 4) is 5.75 Å². The monoisotopic (exact) mass is 367 g/mol. The lowest BCUT2D eigenvalue weighted by Gasteiger charge is -2.28. The van der Waals surface area contributed by atoms with Gasteiger partial charge < -0.3 is 20.3 Å². The van der Waals surface area contributed by atoms with Crippen molar-refractivity contribution in [3.63, 3.8) is 0 Å². The van der Waals surface area contributed by atoms with Crippen LogP contribution in [0.2, 0.25) is 0 Å². The molecule has 144 valence electrons. The number of para-hydroxylation sites is 1. The van der Waals surface area contributed by atoms with Gasteiger partial charge in [0.2, 0.25) is 0 Å². The van der Waals surface area contributed by atoms with E-state index < -0.39 is 0 Å². The maximum atomic E-state index is 12.0. The molecule has 5 nitrogen and oxygen atoms in total. The van der Waals surface area contributed by atoms with E-state index in [1.54, 1.807) is 0 Å². The number of hydrogen-bond donors (Lipinski definition) is 2. The van der Waals surface area contributed by atoms with E-state index in [9.17, 15) is 4.79 Å². The molecule has 0 bridgehead atoms. The highest BCUT2D eigenvalue weighted by Gasteiger charge is 2.10. The maximum absolute atomic E-state index is 12.0. The summed E-state index contributed by atoms with van der Waals surface area (Å²) in [6, 6.07) is 15.8. The van der Waals surface area contributed by atoms with E-state index in [0.717, 1.165) is 36.5 Å². The molecular formula is C22H29N3O2. The van der Waals surface area contributed by atoms with Crippen LogP contribution in [-0.4, -0.2) is 32.3 Å². The summed E-state index contributed by atoms with van der Waals surface area (Å²) in [7, 11) is 0. The van der Waals surface area contributed by atoms with Crippen LogP contribution in [0.4, 0.5) is 16.2 Å². The molecule has 0 saturated carbocycles. The number of benzene rings is 2. The Labute approximate surface area is 161 Å². The molecule has 2 aromatic rings. The normalized spacial score (nSPS) is 13.9. The Hall–Kier alpha value is -2.69. The predicted molar refractivity (Wildman–Crippen MR) is 111 cm³/mol. The molecule has 0 spiro atoms. The van der Waals surface area contributed by atoms with Gasteiger partial charge >= 0.3 is 6.03 Å². The van der Waals surface area contributed by atoms with Crippen molar-refractivity contribution in [2.45, 2.75) is 32.6 Å². The molecule has 0 radical (unpaired) electrons. The number of nitrogens with zero attached hydrogens (tertiary/aromatic N) is 1. The predicted octanol–water partition coefficient (Wildman–Crippen LogP) is 4.58. The van der Waals surface area contributed by atoms with E-state index in [1.165, 1.54) is 24.9 Å². The van der Waals surface area contributed by atoms with Gasteiger partial charge in [-0.1, -0.05) is 18.2 Å². The molecule has 1 aliphatic heterocycles. The zero-order valence-corrected chi connectivity index (χ0v) is 16.0. The first-order valence-electron chi connectivity index (χ1n) is 9.81. The van der Waals surface area contributed by atoms with Crippen molar-refractivity contribution < 1.29 is 9.53 Å². The highest BCUT2D eigenvalue weighted by atomic mass is 16.5. The van der Waals surface area contributed by atoms with Gasteiger partial charge in [0.15, 0.2) is 0 Å². The number of piperidine rings is 1. The summed E-state index contributed by atoms with van der Waals surface area (Å²) in [6.45, 7) is 5.42. The number of anilines is 2.